The van der Waals surface area contributed by atoms with E-state index in [0.717, 1.165) is 12.1 Å². The first-order valence-electron chi connectivity index (χ1n) is 6.24. The fraction of sp³-hybridized carbons (Fsp3) is 0.133. The minimum atomic E-state index is -4.57. The summed E-state index contributed by atoms with van der Waals surface area (Å²) < 4.78 is 38.4. The predicted molar refractivity (Wildman–Crippen MR) is 73.5 cm³/mol. The maximum Gasteiger partial charge on any atom is 0.418 e. The largest absolute Gasteiger partial charge is 0.504 e. The molecule has 0 aromatic heterocycles. The van der Waals surface area contributed by atoms with Crippen molar-refractivity contribution in [3.8, 4) is 11.5 Å². The van der Waals surface area contributed by atoms with E-state index in [2.05, 4.69) is 5.32 Å². The van der Waals surface area contributed by atoms with Crippen molar-refractivity contribution in [1.82, 2.24) is 0 Å². The van der Waals surface area contributed by atoms with E-state index < -0.39 is 23.4 Å². The number of benzene rings is 2. The Hall–Kier alpha value is -2.70. The molecule has 0 aliphatic heterocycles. The quantitative estimate of drug-likeness (QED) is 0.762. The Bertz CT molecular complexity index is 699. The van der Waals surface area contributed by atoms with Crippen LogP contribution in [0.1, 0.15) is 11.1 Å². The van der Waals surface area contributed by atoms with Crippen LogP contribution in [0.25, 0.3) is 0 Å². The molecule has 0 atom stereocenters. The second kappa shape index (κ2) is 5.97. The summed E-state index contributed by atoms with van der Waals surface area (Å²) in [5.41, 5.74) is -0.905. The van der Waals surface area contributed by atoms with Crippen LogP contribution in [0.5, 0.6) is 11.5 Å². The van der Waals surface area contributed by atoms with E-state index in [1.165, 1.54) is 30.3 Å². The molecule has 0 unspecified atom stereocenters. The molecular weight excluding hydrogens is 299 g/mol. The molecule has 0 saturated carbocycles. The number of hydrogen-bond donors (Lipinski definition) is 3. The Labute approximate surface area is 123 Å². The number of phenolic OH excluding ortho intramolecular Hbond substituents is 2. The number of phenols is 2. The molecule has 0 aliphatic carbocycles. The zero-order chi connectivity index (χ0) is 16.3. The van der Waals surface area contributed by atoms with Crippen LogP contribution in [0.4, 0.5) is 18.9 Å². The lowest BCUT2D eigenvalue weighted by molar-refractivity contribution is -0.137. The van der Waals surface area contributed by atoms with Gasteiger partial charge in [0.25, 0.3) is 0 Å². The first-order chi connectivity index (χ1) is 10.3. The van der Waals surface area contributed by atoms with Crippen LogP contribution >= 0.6 is 0 Å². The number of alkyl halides is 3. The molecule has 3 N–H and O–H groups in total. The minimum absolute atomic E-state index is 0.236. The molecule has 2 rings (SSSR count). The number of carbonyl (C=O) groups excluding carboxylic acids is 1. The highest BCUT2D eigenvalue weighted by Crippen LogP contribution is 2.34. The highest BCUT2D eigenvalue weighted by atomic mass is 19.4. The number of aromatic hydroxyl groups is 2. The van der Waals surface area contributed by atoms with Crippen LogP contribution < -0.4 is 5.32 Å². The van der Waals surface area contributed by atoms with Gasteiger partial charge >= 0.3 is 6.18 Å². The SMILES string of the molecule is O=C(Cc1ccc(O)c(O)c1)Nc1ccccc1C(F)(F)F. The Morgan fingerprint density at radius 1 is 1.05 bits per heavy atom. The lowest BCUT2D eigenvalue weighted by atomic mass is 10.1. The van der Waals surface area contributed by atoms with Gasteiger partial charge < -0.3 is 15.5 Å². The Kier molecular flexibility index (Phi) is 4.25. The first-order valence-corrected chi connectivity index (χ1v) is 6.24. The van der Waals surface area contributed by atoms with Crippen LogP contribution in [-0.2, 0) is 17.4 Å². The molecule has 0 fully saturated rings. The number of para-hydroxylation sites is 1. The molecule has 0 radical (unpaired) electrons. The molecule has 2 aromatic carbocycles. The topological polar surface area (TPSA) is 69.6 Å². The molecule has 116 valence electrons. The molecule has 22 heavy (non-hydrogen) atoms. The van der Waals surface area contributed by atoms with Gasteiger partial charge in [0, 0.05) is 0 Å². The number of carbonyl (C=O) groups is 1. The lowest BCUT2D eigenvalue weighted by Crippen LogP contribution is -2.18. The van der Waals surface area contributed by atoms with Crippen LogP contribution in [0.2, 0.25) is 0 Å². The Morgan fingerprint density at radius 2 is 1.73 bits per heavy atom. The maximum atomic E-state index is 12.8. The Morgan fingerprint density at radius 3 is 2.36 bits per heavy atom. The highest BCUT2D eigenvalue weighted by Gasteiger charge is 2.33. The van der Waals surface area contributed by atoms with Gasteiger partial charge in [0.15, 0.2) is 11.5 Å². The number of amides is 1. The van der Waals surface area contributed by atoms with Crippen LogP contribution in [0.3, 0.4) is 0 Å². The predicted octanol–water partition coefficient (Wildman–Crippen LogP) is 3.30. The second-order valence-corrected chi connectivity index (χ2v) is 4.59. The van der Waals surface area contributed by atoms with Crippen LogP contribution in [0.15, 0.2) is 42.5 Å². The molecule has 0 aliphatic rings. The maximum absolute atomic E-state index is 12.8. The van der Waals surface area contributed by atoms with Crippen molar-refractivity contribution in [1.29, 1.82) is 0 Å². The van der Waals surface area contributed by atoms with Crippen LogP contribution in [-0.4, -0.2) is 16.1 Å². The van der Waals surface area contributed by atoms with E-state index in [1.54, 1.807) is 0 Å². The summed E-state index contributed by atoms with van der Waals surface area (Å²) in [6.45, 7) is 0. The summed E-state index contributed by atoms with van der Waals surface area (Å²) in [7, 11) is 0. The molecule has 7 heteroatoms. The molecular formula is C15H12F3NO3. The van der Waals surface area contributed by atoms with Gasteiger partial charge in [-0.1, -0.05) is 18.2 Å². The van der Waals surface area contributed by atoms with Gasteiger partial charge in [0.1, 0.15) is 0 Å². The standard InChI is InChI=1S/C15H12F3NO3/c16-15(17,18)10-3-1-2-4-11(10)19-14(22)8-9-5-6-12(20)13(21)7-9/h1-7,20-21H,8H2,(H,19,22). The molecule has 2 aromatic rings. The van der Waals surface area contributed by atoms with Gasteiger partial charge in [-0.05, 0) is 29.8 Å². The normalized spacial score (nSPS) is 11.2. The van der Waals surface area contributed by atoms with Gasteiger partial charge in [-0.2, -0.15) is 13.2 Å². The number of anilines is 1. The van der Waals surface area contributed by atoms with Gasteiger partial charge in [0.2, 0.25) is 5.91 Å². The van der Waals surface area contributed by atoms with Crippen molar-refractivity contribution in [2.75, 3.05) is 5.32 Å². The Balaban J connectivity index is 2.14. The van der Waals surface area contributed by atoms with E-state index in [-0.39, 0.29) is 17.9 Å². The van der Waals surface area contributed by atoms with Gasteiger partial charge in [-0.25, -0.2) is 0 Å². The van der Waals surface area contributed by atoms with E-state index in [0.29, 0.717) is 5.56 Å². The van der Waals surface area contributed by atoms with E-state index in [4.69, 9.17) is 5.11 Å². The summed E-state index contributed by atoms with van der Waals surface area (Å²) in [5.74, 6) is -1.41. The third kappa shape index (κ3) is 3.69. The van der Waals surface area contributed by atoms with Crippen molar-refractivity contribution in [3.63, 3.8) is 0 Å². The van der Waals surface area contributed by atoms with Gasteiger partial charge in [0.05, 0.1) is 17.7 Å². The van der Waals surface area contributed by atoms with Gasteiger partial charge in [-0.3, -0.25) is 4.79 Å². The highest BCUT2D eigenvalue weighted by molar-refractivity contribution is 5.93. The second-order valence-electron chi connectivity index (χ2n) is 4.59. The van der Waals surface area contributed by atoms with Crippen molar-refractivity contribution in [3.05, 3.63) is 53.6 Å². The molecule has 1 amide bonds. The fourth-order valence-electron chi connectivity index (χ4n) is 1.90. The first kappa shape index (κ1) is 15.7. The van der Waals surface area contributed by atoms with Crippen LogP contribution in [0, 0.1) is 0 Å². The zero-order valence-corrected chi connectivity index (χ0v) is 11.2. The van der Waals surface area contributed by atoms with Gasteiger partial charge in [-0.15, -0.1) is 0 Å². The molecule has 0 saturated heterocycles. The fourth-order valence-corrected chi connectivity index (χ4v) is 1.90. The summed E-state index contributed by atoms with van der Waals surface area (Å²) in [6, 6.07) is 8.42. The van der Waals surface area contributed by atoms with Crippen molar-refractivity contribution in [2.45, 2.75) is 12.6 Å². The average molecular weight is 311 g/mol. The zero-order valence-electron chi connectivity index (χ0n) is 11.2. The van der Waals surface area contributed by atoms with Crippen molar-refractivity contribution >= 4 is 11.6 Å². The molecule has 0 spiro atoms. The summed E-state index contributed by atoms with van der Waals surface area (Å²) in [6.07, 6.45) is -4.80. The molecule has 4 nitrogen and oxygen atoms in total. The summed E-state index contributed by atoms with van der Waals surface area (Å²) in [4.78, 5) is 11.8. The minimum Gasteiger partial charge on any atom is -0.504 e. The number of halogens is 3. The summed E-state index contributed by atoms with van der Waals surface area (Å²) >= 11 is 0. The number of hydrogen-bond acceptors (Lipinski definition) is 3. The third-order valence-electron chi connectivity index (χ3n) is 2.91. The van der Waals surface area contributed by atoms with E-state index in [9.17, 15) is 23.1 Å². The van der Waals surface area contributed by atoms with E-state index >= 15 is 0 Å². The third-order valence-corrected chi connectivity index (χ3v) is 2.91. The lowest BCUT2D eigenvalue weighted by Gasteiger charge is -2.13. The number of nitrogens with one attached hydrogen (secondary N) is 1. The van der Waals surface area contributed by atoms with Crippen molar-refractivity contribution in [2.24, 2.45) is 0 Å². The summed E-state index contributed by atoms with van der Waals surface area (Å²) in [5, 5.41) is 20.7. The smallest absolute Gasteiger partial charge is 0.418 e. The molecule has 0 bridgehead atoms. The van der Waals surface area contributed by atoms with Crippen molar-refractivity contribution < 1.29 is 28.2 Å². The average Bonchev–Trinajstić information content (AvgIpc) is 2.42. The molecule has 0 heterocycles. The number of rotatable bonds is 3. The monoisotopic (exact) mass is 311 g/mol. The van der Waals surface area contributed by atoms with E-state index in [1.807, 2.05) is 0 Å².